The number of aliphatic carboxylic acids is 1. The number of ether oxygens (including phenoxy) is 1. The fourth-order valence-electron chi connectivity index (χ4n) is 3.49. The number of esters is 1. The third-order valence-electron chi connectivity index (χ3n) is 5.61. The third kappa shape index (κ3) is 27.3. The maximum absolute atomic E-state index is 11.9. The van der Waals surface area contributed by atoms with Gasteiger partial charge in [0.25, 0.3) is 0 Å². The van der Waals surface area contributed by atoms with Crippen molar-refractivity contribution in [2.75, 3.05) is 6.61 Å². The summed E-state index contributed by atoms with van der Waals surface area (Å²) in [5.74, 6) is -3.38. The van der Waals surface area contributed by atoms with Crippen molar-refractivity contribution in [3.8, 4) is 0 Å². The second-order valence-corrected chi connectivity index (χ2v) is 17.7. The van der Waals surface area contributed by atoms with Gasteiger partial charge in [0.05, 0.1) is 6.42 Å². The van der Waals surface area contributed by atoms with Gasteiger partial charge >= 0.3 is 146 Å². The van der Waals surface area contributed by atoms with E-state index in [1.807, 2.05) is 0 Å². The SMILES string of the molecule is CC(=O)CC(=O)C(=O)[O-].CCCCCCCCCCCC(=O)OC[CH2][Sn+]([CH2]CCC)[CH2]CCC. The molecule has 0 aromatic heterocycles. The summed E-state index contributed by atoms with van der Waals surface area (Å²) in [7, 11) is 0. The van der Waals surface area contributed by atoms with Crippen LogP contribution < -0.4 is 5.11 Å². The molecule has 7 heteroatoms. The Bertz CT molecular complexity index is 527. The quantitative estimate of drug-likeness (QED) is 0.0518. The summed E-state index contributed by atoms with van der Waals surface area (Å²) in [6.45, 7) is 8.69. The normalized spacial score (nSPS) is 10.2. The molecule has 6 nitrogen and oxygen atoms in total. The summed E-state index contributed by atoms with van der Waals surface area (Å²) in [6, 6.07) is 0. The molecule has 0 saturated heterocycles. The molecule has 0 N–H and O–H groups in total. The van der Waals surface area contributed by atoms with E-state index >= 15 is 0 Å². The number of carbonyl (C=O) groups is 4. The van der Waals surface area contributed by atoms with Crippen LogP contribution in [0.4, 0.5) is 0 Å². The van der Waals surface area contributed by atoms with Crippen LogP contribution in [0, 0.1) is 0 Å². The predicted octanol–water partition coefficient (Wildman–Crippen LogP) is 5.83. The Labute approximate surface area is 215 Å². The molecule has 0 aliphatic carbocycles. The van der Waals surface area contributed by atoms with Crippen LogP contribution >= 0.6 is 0 Å². The van der Waals surface area contributed by atoms with E-state index in [1.54, 1.807) is 0 Å². The maximum atomic E-state index is 11.9. The van der Waals surface area contributed by atoms with E-state index < -0.39 is 43.7 Å². The molecule has 0 aliphatic rings. The molecule has 0 saturated carbocycles. The van der Waals surface area contributed by atoms with E-state index in [0.29, 0.717) is 6.42 Å². The third-order valence-corrected chi connectivity index (χ3v) is 14.3. The van der Waals surface area contributed by atoms with E-state index in [2.05, 4.69) is 20.8 Å². The number of Topliss-reactive ketones (excluding diaryl/α,β-unsaturated/α-hetero) is 2. The van der Waals surface area contributed by atoms with Crippen molar-refractivity contribution in [2.45, 2.75) is 137 Å². The molecule has 0 amide bonds. The second kappa shape index (κ2) is 26.7. The standard InChI is InChI=1S/C14H27O2.C5H6O4.2C4H9.Sn/c1-3-5-6-7-8-9-10-11-12-13-14(15)16-4-2;1-3(6)2-4(7)5(8)9;2*1-3-4-2;/h2-13H2,1H3;2H2,1H3,(H,8,9);2*1,3-4H2,2H3;/q;;;;+1/p-1. The van der Waals surface area contributed by atoms with Crippen molar-refractivity contribution in [2.24, 2.45) is 0 Å². The van der Waals surface area contributed by atoms with Crippen LogP contribution in [0.5, 0.6) is 0 Å². The molecule has 0 unspecified atom stereocenters. The number of ketones is 2. The summed E-state index contributed by atoms with van der Waals surface area (Å²) in [4.78, 5) is 41.6. The molecule has 0 aliphatic heterocycles. The summed E-state index contributed by atoms with van der Waals surface area (Å²) < 4.78 is 9.76. The van der Waals surface area contributed by atoms with Gasteiger partial charge in [0.2, 0.25) is 0 Å². The van der Waals surface area contributed by atoms with E-state index in [0.717, 1.165) is 20.0 Å². The van der Waals surface area contributed by atoms with Gasteiger partial charge in [-0.15, -0.1) is 0 Å². The minimum absolute atomic E-state index is 0.0525. The van der Waals surface area contributed by atoms with Gasteiger partial charge in [-0.3, -0.25) is 9.59 Å². The Hall–Kier alpha value is -0.921. The van der Waals surface area contributed by atoms with Crippen LogP contribution in [-0.2, 0) is 23.9 Å². The van der Waals surface area contributed by atoms with E-state index in [1.165, 1.54) is 90.4 Å². The summed E-state index contributed by atoms with van der Waals surface area (Å²) in [5.41, 5.74) is 0. The van der Waals surface area contributed by atoms with Crippen LogP contribution in [0.25, 0.3) is 0 Å². The van der Waals surface area contributed by atoms with Crippen LogP contribution in [0.2, 0.25) is 13.3 Å². The zero-order valence-electron chi connectivity index (χ0n) is 22.4. The first-order valence-corrected chi connectivity index (χ1v) is 19.6. The monoisotopic (exact) mass is 590 g/mol. The molecule has 0 atom stereocenters. The Kier molecular flexibility index (Phi) is 27.7. The first-order valence-electron chi connectivity index (χ1n) is 13.5. The zero-order valence-corrected chi connectivity index (χ0v) is 25.2. The van der Waals surface area contributed by atoms with Crippen molar-refractivity contribution in [1.29, 1.82) is 0 Å². The van der Waals surface area contributed by atoms with Gasteiger partial charge in [0.1, 0.15) is 11.8 Å². The van der Waals surface area contributed by atoms with E-state index in [9.17, 15) is 24.3 Å². The first kappa shape index (κ1) is 35.2. The number of hydrogen-bond acceptors (Lipinski definition) is 6. The van der Waals surface area contributed by atoms with Crippen LogP contribution in [-0.4, -0.2) is 49.9 Å². The number of carboxylic acid groups (broad SMARTS) is 1. The Morgan fingerprint density at radius 3 is 1.56 bits per heavy atom. The van der Waals surface area contributed by atoms with Crippen LogP contribution in [0.15, 0.2) is 0 Å². The van der Waals surface area contributed by atoms with Gasteiger partial charge in [-0.05, 0) is 6.92 Å². The molecule has 0 fully saturated rings. The van der Waals surface area contributed by atoms with Crippen molar-refractivity contribution >= 4 is 43.3 Å². The van der Waals surface area contributed by atoms with Crippen LogP contribution in [0.3, 0.4) is 0 Å². The molecule has 0 aromatic carbocycles. The van der Waals surface area contributed by atoms with Gasteiger partial charge in [-0.1, -0.05) is 19.8 Å². The molecule has 0 aromatic rings. The first-order chi connectivity index (χ1) is 16.3. The summed E-state index contributed by atoms with van der Waals surface area (Å²) >= 11 is -1.25. The van der Waals surface area contributed by atoms with Gasteiger partial charge < -0.3 is 9.90 Å². The molecule has 0 radical (unpaired) electrons. The zero-order chi connectivity index (χ0) is 26.0. The second-order valence-electron chi connectivity index (χ2n) is 9.10. The molecule has 34 heavy (non-hydrogen) atoms. The number of carbonyl (C=O) groups excluding carboxylic acids is 4. The molecule has 0 rings (SSSR count). The average Bonchev–Trinajstić information content (AvgIpc) is 2.79. The van der Waals surface area contributed by atoms with Gasteiger partial charge in [-0.25, -0.2) is 0 Å². The Morgan fingerprint density at radius 2 is 1.15 bits per heavy atom. The minimum atomic E-state index is -1.80. The van der Waals surface area contributed by atoms with Gasteiger partial charge in [-0.2, -0.15) is 0 Å². The Balaban J connectivity index is 0. The van der Waals surface area contributed by atoms with Crippen molar-refractivity contribution in [3.63, 3.8) is 0 Å². The topological polar surface area (TPSA) is 101 Å². The number of carboxylic acids is 1. The Morgan fingerprint density at radius 1 is 0.676 bits per heavy atom. The predicted molar refractivity (Wildman–Crippen MR) is 138 cm³/mol. The van der Waals surface area contributed by atoms with Crippen molar-refractivity contribution in [3.05, 3.63) is 0 Å². The fourth-order valence-corrected chi connectivity index (χ4v) is 11.6. The molecular formula is C27H50O6Sn. The van der Waals surface area contributed by atoms with Crippen LogP contribution in [0.1, 0.15) is 124 Å². The molecular weight excluding hydrogens is 539 g/mol. The van der Waals surface area contributed by atoms with Crippen molar-refractivity contribution in [1.82, 2.24) is 0 Å². The number of hydrogen-bond donors (Lipinski definition) is 0. The summed E-state index contributed by atoms with van der Waals surface area (Å²) in [6.07, 6.45) is 17.2. The van der Waals surface area contributed by atoms with Gasteiger partial charge in [0, 0.05) is 0 Å². The van der Waals surface area contributed by atoms with E-state index in [4.69, 9.17) is 4.74 Å². The van der Waals surface area contributed by atoms with Crippen molar-refractivity contribution < 1.29 is 29.0 Å². The number of unbranched alkanes of at least 4 members (excludes halogenated alkanes) is 10. The van der Waals surface area contributed by atoms with E-state index in [-0.39, 0.29) is 5.97 Å². The molecule has 0 spiro atoms. The molecule has 198 valence electrons. The fraction of sp³-hybridized carbons (Fsp3) is 0.852. The molecule has 0 heterocycles. The average molecular weight is 589 g/mol. The number of rotatable bonds is 22. The summed E-state index contributed by atoms with van der Waals surface area (Å²) in [5, 5.41) is 9.62. The molecule has 0 bridgehead atoms. The van der Waals surface area contributed by atoms with Gasteiger partial charge in [0.15, 0.2) is 5.78 Å².